The first-order valence-corrected chi connectivity index (χ1v) is 7.49. The zero-order valence-corrected chi connectivity index (χ0v) is 11.7. The van der Waals surface area contributed by atoms with E-state index in [0.717, 1.165) is 24.2 Å². The highest BCUT2D eigenvalue weighted by atomic mass is 19.4. The van der Waals surface area contributed by atoms with E-state index in [-0.39, 0.29) is 31.3 Å². The molecule has 0 spiro atoms. The van der Waals surface area contributed by atoms with E-state index in [0.29, 0.717) is 12.3 Å². The lowest BCUT2D eigenvalue weighted by Crippen LogP contribution is -2.56. The molecule has 0 aromatic rings. The van der Waals surface area contributed by atoms with E-state index in [2.05, 4.69) is 0 Å². The Morgan fingerprint density at radius 1 is 1.15 bits per heavy atom. The third-order valence-electron chi connectivity index (χ3n) is 4.56. The molecular formula is C14H23F3N2O. The summed E-state index contributed by atoms with van der Waals surface area (Å²) in [5, 5.41) is 0. The van der Waals surface area contributed by atoms with Crippen LogP contribution in [0.5, 0.6) is 0 Å². The van der Waals surface area contributed by atoms with Gasteiger partial charge in [-0.15, -0.1) is 0 Å². The molecule has 0 bridgehead atoms. The second-order valence-electron chi connectivity index (χ2n) is 6.13. The molecule has 2 atom stereocenters. The number of hydrogen-bond acceptors (Lipinski definition) is 2. The number of likely N-dealkylation sites (tertiary alicyclic amines) is 1. The van der Waals surface area contributed by atoms with Crippen molar-refractivity contribution in [3.63, 3.8) is 0 Å². The van der Waals surface area contributed by atoms with E-state index in [9.17, 15) is 18.0 Å². The second kappa shape index (κ2) is 6.33. The Bertz CT molecular complexity index is 340. The van der Waals surface area contributed by atoms with Crippen molar-refractivity contribution in [1.29, 1.82) is 0 Å². The van der Waals surface area contributed by atoms with Crippen LogP contribution >= 0.6 is 0 Å². The molecule has 2 N–H and O–H groups in total. The molecule has 2 rings (SSSR count). The molecule has 0 aromatic carbocycles. The number of piperidine rings is 1. The van der Waals surface area contributed by atoms with E-state index >= 15 is 0 Å². The van der Waals surface area contributed by atoms with Crippen LogP contribution in [0.4, 0.5) is 13.2 Å². The molecule has 0 radical (unpaired) electrons. The van der Waals surface area contributed by atoms with E-state index in [4.69, 9.17) is 5.73 Å². The van der Waals surface area contributed by atoms with Gasteiger partial charge in [0, 0.05) is 19.0 Å². The maximum absolute atomic E-state index is 13.0. The van der Waals surface area contributed by atoms with E-state index < -0.39 is 12.2 Å². The highest BCUT2D eigenvalue weighted by Crippen LogP contribution is 2.33. The molecule has 3 nitrogen and oxygen atoms in total. The molecule has 1 heterocycles. The number of carbonyl (C=O) groups is 1. The normalized spacial score (nSPS) is 28.9. The van der Waals surface area contributed by atoms with E-state index in [1.807, 2.05) is 0 Å². The first-order chi connectivity index (χ1) is 9.38. The Morgan fingerprint density at radius 2 is 1.80 bits per heavy atom. The zero-order chi connectivity index (χ0) is 14.8. The van der Waals surface area contributed by atoms with Gasteiger partial charge in [-0.1, -0.05) is 25.7 Å². The summed E-state index contributed by atoms with van der Waals surface area (Å²) in [6.07, 6.45) is 1.43. The van der Waals surface area contributed by atoms with Gasteiger partial charge in [-0.3, -0.25) is 4.79 Å². The summed E-state index contributed by atoms with van der Waals surface area (Å²) in [4.78, 5) is 13.1. The standard InChI is InChI=1S/C14H23F3N2O/c15-14(16,17)12-7-6-11(18)9-19(12)13(20)8-5-10-3-1-2-4-10/h10-12H,1-9,18H2/t11-,12+/m0/s1. The lowest BCUT2D eigenvalue weighted by molar-refractivity contribution is -0.197. The van der Waals surface area contributed by atoms with Gasteiger partial charge in [-0.2, -0.15) is 13.2 Å². The Kier molecular flexibility index (Phi) is 4.94. The monoisotopic (exact) mass is 292 g/mol. The fourth-order valence-electron chi connectivity index (χ4n) is 3.39. The Hall–Kier alpha value is -0.780. The second-order valence-corrected chi connectivity index (χ2v) is 6.13. The van der Waals surface area contributed by atoms with Gasteiger partial charge in [0.1, 0.15) is 6.04 Å². The van der Waals surface area contributed by atoms with Crippen LogP contribution in [0.25, 0.3) is 0 Å². The number of hydrogen-bond donors (Lipinski definition) is 1. The molecule has 116 valence electrons. The number of carbonyl (C=O) groups excluding carboxylic acids is 1. The number of nitrogens with zero attached hydrogens (tertiary/aromatic N) is 1. The molecule has 2 fully saturated rings. The van der Waals surface area contributed by atoms with Gasteiger partial charge in [0.25, 0.3) is 0 Å². The van der Waals surface area contributed by atoms with Gasteiger partial charge >= 0.3 is 6.18 Å². The molecule has 1 aliphatic heterocycles. The minimum atomic E-state index is -4.34. The molecule has 20 heavy (non-hydrogen) atoms. The lowest BCUT2D eigenvalue weighted by atomic mass is 9.96. The number of rotatable bonds is 3. The quantitative estimate of drug-likeness (QED) is 0.869. The lowest BCUT2D eigenvalue weighted by Gasteiger charge is -2.39. The molecule has 6 heteroatoms. The topological polar surface area (TPSA) is 46.3 Å². The molecule has 1 aliphatic carbocycles. The van der Waals surface area contributed by atoms with Crippen molar-refractivity contribution < 1.29 is 18.0 Å². The van der Waals surface area contributed by atoms with Crippen molar-refractivity contribution in [3.8, 4) is 0 Å². The van der Waals surface area contributed by atoms with Crippen LogP contribution < -0.4 is 5.73 Å². The fraction of sp³-hybridized carbons (Fsp3) is 0.929. The van der Waals surface area contributed by atoms with Crippen molar-refractivity contribution in [2.45, 2.75) is 69.6 Å². The van der Waals surface area contributed by atoms with E-state index in [1.165, 1.54) is 12.8 Å². The summed E-state index contributed by atoms with van der Waals surface area (Å²) in [6, 6.07) is -1.97. The predicted molar refractivity (Wildman–Crippen MR) is 70.0 cm³/mol. The first kappa shape index (κ1) is 15.6. The Labute approximate surface area is 117 Å². The van der Waals surface area contributed by atoms with Crippen molar-refractivity contribution in [3.05, 3.63) is 0 Å². The van der Waals surface area contributed by atoms with Crippen molar-refractivity contribution in [2.75, 3.05) is 6.54 Å². The Balaban J connectivity index is 1.92. The Morgan fingerprint density at radius 3 is 2.40 bits per heavy atom. The fourth-order valence-corrected chi connectivity index (χ4v) is 3.39. The van der Waals surface area contributed by atoms with Crippen LogP contribution in [-0.4, -0.2) is 35.6 Å². The first-order valence-electron chi connectivity index (χ1n) is 7.49. The van der Waals surface area contributed by atoms with Crippen LogP contribution in [0.15, 0.2) is 0 Å². The molecule has 1 saturated carbocycles. The van der Waals surface area contributed by atoms with E-state index in [1.54, 1.807) is 0 Å². The molecular weight excluding hydrogens is 269 g/mol. The summed E-state index contributed by atoms with van der Waals surface area (Å²) in [7, 11) is 0. The van der Waals surface area contributed by atoms with Gasteiger partial charge in [-0.05, 0) is 25.2 Å². The number of halogens is 3. The van der Waals surface area contributed by atoms with Gasteiger partial charge in [-0.25, -0.2) is 0 Å². The maximum atomic E-state index is 13.0. The van der Waals surface area contributed by atoms with Crippen LogP contribution in [0.1, 0.15) is 51.4 Å². The molecule has 1 saturated heterocycles. The summed E-state index contributed by atoms with van der Waals surface area (Å²) in [6.45, 7) is 0.0354. The van der Waals surface area contributed by atoms with Crippen LogP contribution in [0.2, 0.25) is 0 Å². The van der Waals surface area contributed by atoms with Crippen molar-refractivity contribution >= 4 is 5.91 Å². The third kappa shape index (κ3) is 3.87. The van der Waals surface area contributed by atoms with Gasteiger partial charge in [0.2, 0.25) is 5.91 Å². The van der Waals surface area contributed by atoms with Gasteiger partial charge in [0.05, 0.1) is 0 Å². The van der Waals surface area contributed by atoms with Crippen molar-refractivity contribution in [2.24, 2.45) is 11.7 Å². The highest BCUT2D eigenvalue weighted by Gasteiger charge is 2.47. The molecule has 2 aliphatic rings. The minimum absolute atomic E-state index is 0.0354. The number of alkyl halides is 3. The third-order valence-corrected chi connectivity index (χ3v) is 4.56. The summed E-state index contributed by atoms with van der Waals surface area (Å²) >= 11 is 0. The summed E-state index contributed by atoms with van der Waals surface area (Å²) < 4.78 is 39.0. The smallest absolute Gasteiger partial charge is 0.329 e. The zero-order valence-electron chi connectivity index (χ0n) is 11.7. The predicted octanol–water partition coefficient (Wildman–Crippen LogP) is 2.84. The summed E-state index contributed by atoms with van der Waals surface area (Å²) in [5.41, 5.74) is 5.73. The molecule has 0 aromatic heterocycles. The largest absolute Gasteiger partial charge is 0.408 e. The summed E-state index contributed by atoms with van der Waals surface area (Å²) in [5.74, 6) is 0.135. The van der Waals surface area contributed by atoms with Crippen LogP contribution in [0, 0.1) is 5.92 Å². The van der Waals surface area contributed by atoms with Gasteiger partial charge < -0.3 is 10.6 Å². The highest BCUT2D eigenvalue weighted by molar-refractivity contribution is 5.76. The van der Waals surface area contributed by atoms with Gasteiger partial charge in [0.15, 0.2) is 0 Å². The average Bonchev–Trinajstić information content (AvgIpc) is 2.87. The maximum Gasteiger partial charge on any atom is 0.408 e. The molecule has 0 unspecified atom stereocenters. The van der Waals surface area contributed by atoms with Crippen LogP contribution in [-0.2, 0) is 4.79 Å². The molecule has 1 amide bonds. The van der Waals surface area contributed by atoms with Crippen LogP contribution in [0.3, 0.4) is 0 Å². The van der Waals surface area contributed by atoms with Crippen molar-refractivity contribution in [1.82, 2.24) is 4.90 Å². The SMILES string of the molecule is N[C@H]1CC[C@H](C(F)(F)F)N(C(=O)CCC2CCCC2)C1. The minimum Gasteiger partial charge on any atom is -0.329 e. The number of nitrogens with two attached hydrogens (primary N) is 1. The number of amides is 1. The average molecular weight is 292 g/mol.